The number of piperidine rings is 1. The normalized spacial score (nSPS) is 16.5. The second-order valence-electron chi connectivity index (χ2n) is 6.46. The maximum atomic E-state index is 4.75. The van der Waals surface area contributed by atoms with Gasteiger partial charge in [-0.1, -0.05) is 6.92 Å². The molecule has 0 aliphatic carbocycles. The van der Waals surface area contributed by atoms with Gasteiger partial charge in [-0.2, -0.15) is 0 Å². The molecule has 1 aliphatic rings. The number of nitrogens with zero attached hydrogens (tertiary/aromatic N) is 3. The molecule has 144 valence electrons. The second kappa shape index (κ2) is 12.9. The zero-order valence-corrected chi connectivity index (χ0v) is 19.0. The summed E-state index contributed by atoms with van der Waals surface area (Å²) in [5.41, 5.74) is 1.17. The standard InChI is InChI=1S/C18H33N5S.HI/c1-4-19-18(21-11-7-17-14-24-15(3)22-17)20-10-6-16-8-12-23(5-2)13-9-16;/h14,16H,4-13H2,1-3H3,(H2,19,20,21);1H. The van der Waals surface area contributed by atoms with Crippen molar-refractivity contribution in [2.24, 2.45) is 10.9 Å². The van der Waals surface area contributed by atoms with E-state index in [4.69, 9.17) is 4.99 Å². The van der Waals surface area contributed by atoms with Crippen LogP contribution in [0.15, 0.2) is 10.4 Å². The Labute approximate surface area is 174 Å². The highest BCUT2D eigenvalue weighted by molar-refractivity contribution is 14.0. The molecule has 0 bridgehead atoms. The van der Waals surface area contributed by atoms with Crippen LogP contribution in [0.5, 0.6) is 0 Å². The number of likely N-dealkylation sites (tertiary alicyclic amines) is 1. The molecule has 7 heteroatoms. The largest absolute Gasteiger partial charge is 0.357 e. The van der Waals surface area contributed by atoms with Gasteiger partial charge < -0.3 is 15.5 Å². The first kappa shape index (κ1) is 22.6. The summed E-state index contributed by atoms with van der Waals surface area (Å²) in [7, 11) is 0. The van der Waals surface area contributed by atoms with Crippen LogP contribution in [0.3, 0.4) is 0 Å². The molecule has 25 heavy (non-hydrogen) atoms. The summed E-state index contributed by atoms with van der Waals surface area (Å²) in [4.78, 5) is 11.8. The summed E-state index contributed by atoms with van der Waals surface area (Å²) >= 11 is 1.72. The van der Waals surface area contributed by atoms with Crippen molar-refractivity contribution < 1.29 is 0 Å². The van der Waals surface area contributed by atoms with Crippen molar-refractivity contribution in [2.45, 2.75) is 46.5 Å². The fourth-order valence-electron chi connectivity index (χ4n) is 3.12. The molecule has 2 N–H and O–H groups in total. The third-order valence-electron chi connectivity index (χ3n) is 4.65. The molecular weight excluding hydrogens is 445 g/mol. The molecule has 0 aromatic carbocycles. The molecule has 1 saturated heterocycles. The number of thiazole rings is 1. The summed E-state index contributed by atoms with van der Waals surface area (Å²) in [5.74, 6) is 1.79. The number of nitrogens with one attached hydrogen (secondary N) is 2. The molecule has 5 nitrogen and oxygen atoms in total. The number of hydrogen-bond acceptors (Lipinski definition) is 4. The lowest BCUT2D eigenvalue weighted by molar-refractivity contribution is 0.188. The molecule has 0 amide bonds. The summed E-state index contributed by atoms with van der Waals surface area (Å²) in [6.07, 6.45) is 4.82. The molecule has 1 fully saturated rings. The quantitative estimate of drug-likeness (QED) is 0.342. The third kappa shape index (κ3) is 8.68. The van der Waals surface area contributed by atoms with Crippen LogP contribution < -0.4 is 10.6 Å². The topological polar surface area (TPSA) is 52.6 Å². The van der Waals surface area contributed by atoms with Crippen molar-refractivity contribution in [3.8, 4) is 0 Å². The van der Waals surface area contributed by atoms with Crippen molar-refractivity contribution >= 4 is 41.3 Å². The molecular formula is C18H34IN5S. The first-order chi connectivity index (χ1) is 11.7. The molecule has 0 spiro atoms. The van der Waals surface area contributed by atoms with Crippen LogP contribution in [-0.4, -0.2) is 55.1 Å². The average Bonchev–Trinajstić information content (AvgIpc) is 3.01. The molecule has 1 aromatic heterocycles. The number of halogens is 1. The zero-order chi connectivity index (χ0) is 17.2. The van der Waals surface area contributed by atoms with Crippen molar-refractivity contribution in [3.05, 3.63) is 16.1 Å². The van der Waals surface area contributed by atoms with Crippen LogP contribution in [0, 0.1) is 12.8 Å². The van der Waals surface area contributed by atoms with Gasteiger partial charge in [0.25, 0.3) is 0 Å². The number of aromatic nitrogens is 1. The van der Waals surface area contributed by atoms with E-state index in [1.807, 2.05) is 0 Å². The van der Waals surface area contributed by atoms with Crippen molar-refractivity contribution in [1.82, 2.24) is 20.5 Å². The van der Waals surface area contributed by atoms with Crippen LogP contribution >= 0.6 is 35.3 Å². The van der Waals surface area contributed by atoms with E-state index in [1.165, 1.54) is 44.6 Å². The minimum atomic E-state index is 0. The van der Waals surface area contributed by atoms with Crippen LogP contribution in [0.25, 0.3) is 0 Å². The smallest absolute Gasteiger partial charge is 0.191 e. The minimum absolute atomic E-state index is 0. The number of guanidine groups is 1. The van der Waals surface area contributed by atoms with Gasteiger partial charge >= 0.3 is 0 Å². The number of hydrogen-bond donors (Lipinski definition) is 2. The highest BCUT2D eigenvalue weighted by Crippen LogP contribution is 2.20. The molecule has 1 aromatic rings. The maximum Gasteiger partial charge on any atom is 0.191 e. The van der Waals surface area contributed by atoms with E-state index in [9.17, 15) is 0 Å². The Morgan fingerprint density at radius 2 is 2.08 bits per heavy atom. The van der Waals surface area contributed by atoms with Crippen molar-refractivity contribution in [1.29, 1.82) is 0 Å². The third-order valence-corrected chi connectivity index (χ3v) is 5.47. The van der Waals surface area contributed by atoms with E-state index in [0.29, 0.717) is 0 Å². The zero-order valence-electron chi connectivity index (χ0n) is 15.9. The molecule has 0 unspecified atom stereocenters. The van der Waals surface area contributed by atoms with Crippen molar-refractivity contribution in [2.75, 3.05) is 39.3 Å². The SMILES string of the molecule is CCNC(=NCCC1CCN(CC)CC1)NCCc1csc(C)n1.I. The number of rotatable bonds is 8. The summed E-state index contributed by atoms with van der Waals surface area (Å²) in [6.45, 7) is 12.8. The van der Waals surface area contributed by atoms with Crippen LogP contribution in [-0.2, 0) is 6.42 Å². The van der Waals surface area contributed by atoms with E-state index in [0.717, 1.165) is 42.9 Å². The molecule has 0 saturated carbocycles. The van der Waals surface area contributed by atoms with Gasteiger partial charge in [0, 0.05) is 31.4 Å². The lowest BCUT2D eigenvalue weighted by Gasteiger charge is -2.30. The van der Waals surface area contributed by atoms with Gasteiger partial charge in [-0.05, 0) is 58.7 Å². The minimum Gasteiger partial charge on any atom is -0.357 e. The van der Waals surface area contributed by atoms with E-state index in [-0.39, 0.29) is 24.0 Å². The Hall–Kier alpha value is -0.410. The number of aliphatic imine (C=N–C) groups is 1. The van der Waals surface area contributed by atoms with Crippen LogP contribution in [0.2, 0.25) is 0 Å². The van der Waals surface area contributed by atoms with Gasteiger partial charge in [-0.15, -0.1) is 35.3 Å². The molecule has 0 atom stereocenters. The van der Waals surface area contributed by atoms with E-state index >= 15 is 0 Å². The van der Waals surface area contributed by atoms with Crippen molar-refractivity contribution in [3.63, 3.8) is 0 Å². The van der Waals surface area contributed by atoms with E-state index in [2.05, 4.69) is 46.7 Å². The van der Waals surface area contributed by atoms with E-state index in [1.54, 1.807) is 11.3 Å². The monoisotopic (exact) mass is 479 g/mol. The Bertz CT molecular complexity index is 497. The predicted octanol–water partition coefficient (Wildman–Crippen LogP) is 3.29. The molecule has 2 rings (SSSR count). The highest BCUT2D eigenvalue weighted by Gasteiger charge is 2.17. The fraction of sp³-hybridized carbons (Fsp3) is 0.778. The molecule has 2 heterocycles. The summed E-state index contributed by atoms with van der Waals surface area (Å²) in [6, 6.07) is 0. The van der Waals surface area contributed by atoms with Gasteiger partial charge in [0.15, 0.2) is 5.96 Å². The molecule has 0 radical (unpaired) electrons. The Balaban J connectivity index is 0.00000312. The fourth-order valence-corrected chi connectivity index (χ4v) is 3.77. The van der Waals surface area contributed by atoms with Gasteiger partial charge in [-0.3, -0.25) is 4.99 Å². The lowest BCUT2D eigenvalue weighted by atomic mass is 9.94. The lowest BCUT2D eigenvalue weighted by Crippen LogP contribution is -2.38. The Morgan fingerprint density at radius 3 is 2.68 bits per heavy atom. The maximum absolute atomic E-state index is 4.75. The van der Waals surface area contributed by atoms with Crippen LogP contribution in [0.4, 0.5) is 0 Å². The number of aryl methyl sites for hydroxylation is 1. The average molecular weight is 479 g/mol. The van der Waals surface area contributed by atoms with Gasteiger partial charge in [0.05, 0.1) is 10.7 Å². The van der Waals surface area contributed by atoms with Crippen LogP contribution in [0.1, 0.15) is 43.8 Å². The highest BCUT2D eigenvalue weighted by atomic mass is 127. The summed E-state index contributed by atoms with van der Waals surface area (Å²) in [5, 5.41) is 10.0. The predicted molar refractivity (Wildman–Crippen MR) is 119 cm³/mol. The second-order valence-corrected chi connectivity index (χ2v) is 7.52. The summed E-state index contributed by atoms with van der Waals surface area (Å²) < 4.78 is 0. The first-order valence-electron chi connectivity index (χ1n) is 9.36. The first-order valence-corrected chi connectivity index (χ1v) is 10.2. The van der Waals surface area contributed by atoms with E-state index < -0.39 is 0 Å². The molecule has 1 aliphatic heterocycles. The van der Waals surface area contributed by atoms with Gasteiger partial charge in [0.2, 0.25) is 0 Å². The van der Waals surface area contributed by atoms with Gasteiger partial charge in [-0.25, -0.2) is 4.98 Å². The Kier molecular flexibility index (Phi) is 11.6. The Morgan fingerprint density at radius 1 is 1.32 bits per heavy atom. The van der Waals surface area contributed by atoms with Gasteiger partial charge in [0.1, 0.15) is 0 Å².